The summed E-state index contributed by atoms with van der Waals surface area (Å²) in [5.41, 5.74) is 3.36. The predicted octanol–water partition coefficient (Wildman–Crippen LogP) is 3.99. The first-order chi connectivity index (χ1) is 15.4. The van der Waals surface area contributed by atoms with Crippen LogP contribution in [0.3, 0.4) is 0 Å². The highest BCUT2D eigenvalue weighted by molar-refractivity contribution is 6.75. The zero-order valence-corrected chi connectivity index (χ0v) is 20.4. The molecule has 0 N–H and O–H groups in total. The molecular weight excluding hydrogens is 422 g/mol. The van der Waals surface area contributed by atoms with E-state index in [1.807, 2.05) is 94.4 Å². The molecule has 0 spiro atoms. The smallest absolute Gasteiger partial charge is 0.422 e. The Morgan fingerprint density at radius 2 is 1.44 bits per heavy atom. The van der Waals surface area contributed by atoms with Gasteiger partial charge >= 0.3 is 14.8 Å². The van der Waals surface area contributed by atoms with Gasteiger partial charge in [0.25, 0.3) is 0 Å². The van der Waals surface area contributed by atoms with Gasteiger partial charge in [0.1, 0.15) is 5.76 Å². The standard InChI is InChI=1S/C25H31NO5Si/c1-6-28-32(29-7-2,30-8-3)23-15-11-20(12-16-23)24-18-21(25(27)31-24)17-19-9-13-22(14-10-19)26(4)5/h9-18H,6-8H2,1-5H3/b21-17-. The molecule has 3 rings (SSSR count). The normalized spacial score (nSPS) is 15.1. The Morgan fingerprint density at radius 1 is 0.875 bits per heavy atom. The molecule has 0 aliphatic carbocycles. The van der Waals surface area contributed by atoms with Gasteiger partial charge in [0.2, 0.25) is 0 Å². The number of benzene rings is 2. The van der Waals surface area contributed by atoms with E-state index in [1.54, 1.807) is 6.08 Å². The zero-order chi connectivity index (χ0) is 23.1. The Morgan fingerprint density at radius 3 is 1.94 bits per heavy atom. The maximum atomic E-state index is 12.4. The van der Waals surface area contributed by atoms with Crippen LogP contribution in [0, 0.1) is 0 Å². The van der Waals surface area contributed by atoms with Gasteiger partial charge in [-0.25, -0.2) is 4.79 Å². The summed E-state index contributed by atoms with van der Waals surface area (Å²) in [5, 5.41) is 0.883. The van der Waals surface area contributed by atoms with E-state index >= 15 is 0 Å². The van der Waals surface area contributed by atoms with Crippen molar-refractivity contribution in [1.82, 2.24) is 0 Å². The van der Waals surface area contributed by atoms with Crippen molar-refractivity contribution in [3.05, 3.63) is 71.3 Å². The minimum absolute atomic E-state index is 0.359. The third kappa shape index (κ3) is 5.36. The summed E-state index contributed by atoms with van der Waals surface area (Å²) in [4.78, 5) is 14.4. The highest BCUT2D eigenvalue weighted by atomic mass is 28.4. The molecule has 0 atom stereocenters. The molecule has 0 amide bonds. The Bertz CT molecular complexity index is 963. The SMILES string of the molecule is CCO[Si](OCC)(OCC)c1ccc(C2=C/C(=C/c3ccc(N(C)C)cc3)C(=O)O2)cc1. The minimum atomic E-state index is -2.97. The quantitative estimate of drug-likeness (QED) is 0.308. The molecular formula is C25H31NO5Si. The molecule has 0 saturated heterocycles. The van der Waals surface area contributed by atoms with Crippen molar-refractivity contribution in [3.8, 4) is 0 Å². The molecule has 0 radical (unpaired) electrons. The second-order valence-electron chi connectivity index (χ2n) is 7.42. The van der Waals surface area contributed by atoms with E-state index in [1.165, 1.54) is 0 Å². The van der Waals surface area contributed by atoms with Gasteiger partial charge in [0.05, 0.1) is 5.57 Å². The van der Waals surface area contributed by atoms with Gasteiger partial charge in [-0.3, -0.25) is 0 Å². The average molecular weight is 454 g/mol. The van der Waals surface area contributed by atoms with Gasteiger partial charge in [-0.1, -0.05) is 36.4 Å². The number of hydrogen-bond donors (Lipinski definition) is 0. The van der Waals surface area contributed by atoms with Crippen LogP contribution in [-0.2, 0) is 22.8 Å². The second kappa shape index (κ2) is 10.7. The van der Waals surface area contributed by atoms with Crippen LogP contribution >= 0.6 is 0 Å². The monoisotopic (exact) mass is 453 g/mol. The third-order valence-corrected chi connectivity index (χ3v) is 8.03. The topological polar surface area (TPSA) is 57.2 Å². The van der Waals surface area contributed by atoms with Crippen molar-refractivity contribution < 1.29 is 22.8 Å². The molecule has 7 heteroatoms. The number of rotatable bonds is 10. The fourth-order valence-corrected chi connectivity index (χ4v) is 5.93. The van der Waals surface area contributed by atoms with Crippen LogP contribution in [-0.4, -0.2) is 48.7 Å². The number of anilines is 1. The molecule has 0 bridgehead atoms. The van der Waals surface area contributed by atoms with Gasteiger partial charge in [-0.2, -0.15) is 0 Å². The number of cyclic esters (lactones) is 1. The summed E-state index contributed by atoms with van der Waals surface area (Å²) >= 11 is 0. The summed E-state index contributed by atoms with van der Waals surface area (Å²) in [6.45, 7) is 7.29. The lowest BCUT2D eigenvalue weighted by Crippen LogP contribution is -2.56. The lowest BCUT2D eigenvalue weighted by molar-refractivity contribution is -0.130. The van der Waals surface area contributed by atoms with Gasteiger partial charge in [0.15, 0.2) is 0 Å². The van der Waals surface area contributed by atoms with Crippen molar-refractivity contribution in [2.75, 3.05) is 38.8 Å². The van der Waals surface area contributed by atoms with Crippen molar-refractivity contribution in [2.24, 2.45) is 0 Å². The summed E-state index contributed by atoms with van der Waals surface area (Å²) in [7, 11) is 1.02. The van der Waals surface area contributed by atoms with Crippen LogP contribution in [0.5, 0.6) is 0 Å². The van der Waals surface area contributed by atoms with Crippen molar-refractivity contribution in [1.29, 1.82) is 0 Å². The van der Waals surface area contributed by atoms with E-state index in [0.717, 1.165) is 22.0 Å². The van der Waals surface area contributed by atoms with Crippen LogP contribution in [0.2, 0.25) is 0 Å². The van der Waals surface area contributed by atoms with E-state index < -0.39 is 8.80 Å². The molecule has 2 aromatic rings. The maximum Gasteiger partial charge on any atom is 0.537 e. The summed E-state index contributed by atoms with van der Waals surface area (Å²) in [6, 6.07) is 15.7. The number of hydrogen-bond acceptors (Lipinski definition) is 6. The largest absolute Gasteiger partial charge is 0.537 e. The first-order valence-electron chi connectivity index (χ1n) is 10.9. The molecule has 6 nitrogen and oxygen atoms in total. The highest BCUT2D eigenvalue weighted by Crippen LogP contribution is 2.28. The van der Waals surface area contributed by atoms with E-state index in [-0.39, 0.29) is 5.97 Å². The van der Waals surface area contributed by atoms with E-state index in [9.17, 15) is 4.79 Å². The highest BCUT2D eigenvalue weighted by Gasteiger charge is 2.43. The number of esters is 1. The van der Waals surface area contributed by atoms with Crippen LogP contribution < -0.4 is 10.1 Å². The van der Waals surface area contributed by atoms with Gasteiger partial charge in [0, 0.05) is 50.4 Å². The van der Waals surface area contributed by atoms with E-state index in [4.69, 9.17) is 18.0 Å². The molecule has 170 valence electrons. The van der Waals surface area contributed by atoms with Crippen molar-refractivity contribution in [3.63, 3.8) is 0 Å². The Balaban J connectivity index is 1.84. The van der Waals surface area contributed by atoms with Gasteiger partial charge < -0.3 is 22.9 Å². The van der Waals surface area contributed by atoms with E-state index in [0.29, 0.717) is 31.2 Å². The lowest BCUT2D eigenvalue weighted by Gasteiger charge is -2.28. The molecule has 2 aromatic carbocycles. The van der Waals surface area contributed by atoms with Gasteiger partial charge in [-0.15, -0.1) is 0 Å². The van der Waals surface area contributed by atoms with Crippen LogP contribution in [0.15, 0.2) is 60.2 Å². The molecule has 0 aromatic heterocycles. The van der Waals surface area contributed by atoms with Crippen LogP contribution in [0.25, 0.3) is 11.8 Å². The summed E-state index contributed by atoms with van der Waals surface area (Å²) < 4.78 is 23.4. The van der Waals surface area contributed by atoms with Gasteiger partial charge in [-0.05, 0) is 50.6 Å². The molecule has 0 fully saturated rings. The number of nitrogens with zero attached hydrogens (tertiary/aromatic N) is 1. The average Bonchev–Trinajstić information content (AvgIpc) is 3.15. The van der Waals surface area contributed by atoms with Crippen molar-refractivity contribution >= 4 is 37.5 Å². The second-order valence-corrected chi connectivity index (χ2v) is 9.97. The van der Waals surface area contributed by atoms with E-state index in [2.05, 4.69) is 0 Å². The fraction of sp³-hybridized carbons (Fsp3) is 0.320. The van der Waals surface area contributed by atoms with Crippen LogP contribution in [0.1, 0.15) is 31.9 Å². The predicted molar refractivity (Wildman–Crippen MR) is 130 cm³/mol. The number of carbonyl (C=O) groups excluding carboxylic acids is 1. The molecule has 1 heterocycles. The van der Waals surface area contributed by atoms with Crippen molar-refractivity contribution in [2.45, 2.75) is 20.8 Å². The Hall–Kier alpha value is -2.71. The number of carbonyl (C=O) groups is 1. The minimum Gasteiger partial charge on any atom is -0.422 e. The molecule has 32 heavy (non-hydrogen) atoms. The summed E-state index contributed by atoms with van der Waals surface area (Å²) in [5.74, 6) is 0.164. The summed E-state index contributed by atoms with van der Waals surface area (Å²) in [6.07, 6.45) is 3.61. The zero-order valence-electron chi connectivity index (χ0n) is 19.4. The Labute approximate surface area is 191 Å². The first-order valence-corrected chi connectivity index (χ1v) is 12.6. The molecule has 0 unspecified atom stereocenters. The lowest BCUT2D eigenvalue weighted by atomic mass is 10.1. The molecule has 1 aliphatic rings. The fourth-order valence-electron chi connectivity index (χ4n) is 3.46. The number of ether oxygens (including phenoxy) is 1. The maximum absolute atomic E-state index is 12.4. The first kappa shape index (κ1) is 23.9. The third-order valence-electron chi connectivity index (χ3n) is 4.98. The Kier molecular flexibility index (Phi) is 8.03. The molecule has 1 aliphatic heterocycles. The molecule has 0 saturated carbocycles. The van der Waals surface area contributed by atoms with Crippen LogP contribution in [0.4, 0.5) is 5.69 Å².